The van der Waals surface area contributed by atoms with Gasteiger partial charge in [0, 0.05) is 0 Å². The number of carbonyl (C=O) groups excluding carboxylic acids is 1. The number of aromatic nitrogens is 4. The topological polar surface area (TPSA) is 89.9 Å². The van der Waals surface area contributed by atoms with Gasteiger partial charge in [0.2, 0.25) is 0 Å². The van der Waals surface area contributed by atoms with Crippen molar-refractivity contribution in [3.63, 3.8) is 0 Å². The Morgan fingerprint density at radius 2 is 2.12 bits per heavy atom. The van der Waals surface area contributed by atoms with Crippen LogP contribution in [0.15, 0.2) is 46.5 Å². The molecule has 24 heavy (non-hydrogen) atoms. The van der Waals surface area contributed by atoms with Crippen molar-refractivity contribution < 1.29 is 9.53 Å². The van der Waals surface area contributed by atoms with Crippen LogP contribution < -0.4 is 5.56 Å². The summed E-state index contributed by atoms with van der Waals surface area (Å²) < 4.78 is 6.38. The largest absolute Gasteiger partial charge is 0.468 e. The Morgan fingerprint density at radius 3 is 2.79 bits per heavy atom. The fourth-order valence-corrected chi connectivity index (χ4v) is 3.20. The van der Waals surface area contributed by atoms with Crippen LogP contribution in [0.2, 0.25) is 0 Å². The van der Waals surface area contributed by atoms with Crippen LogP contribution in [0.1, 0.15) is 13.3 Å². The highest BCUT2D eigenvalue weighted by Gasteiger charge is 2.21. The quantitative estimate of drug-likeness (QED) is 0.433. The highest BCUT2D eigenvalue weighted by atomic mass is 32.2. The Balaban J connectivity index is 2.05. The van der Waals surface area contributed by atoms with Gasteiger partial charge in [0.05, 0.1) is 19.0 Å². The Morgan fingerprint density at radius 1 is 1.38 bits per heavy atom. The van der Waals surface area contributed by atoms with Gasteiger partial charge in [0.1, 0.15) is 10.6 Å². The number of benzene rings is 1. The van der Waals surface area contributed by atoms with E-state index >= 15 is 0 Å². The lowest BCUT2D eigenvalue weighted by atomic mass is 10.3. The summed E-state index contributed by atoms with van der Waals surface area (Å²) in [5.41, 5.74) is 0.970. The molecule has 3 aromatic rings. The number of carbonyl (C=O) groups is 1. The number of rotatable bonds is 5. The summed E-state index contributed by atoms with van der Waals surface area (Å²) in [6.07, 6.45) is 2.05. The van der Waals surface area contributed by atoms with Gasteiger partial charge in [-0.2, -0.15) is 5.10 Å². The van der Waals surface area contributed by atoms with E-state index in [1.165, 1.54) is 25.1 Å². The number of para-hydroxylation sites is 1. The lowest BCUT2D eigenvalue weighted by Crippen LogP contribution is -2.19. The third-order valence-electron chi connectivity index (χ3n) is 3.51. The van der Waals surface area contributed by atoms with Crippen LogP contribution in [0.4, 0.5) is 0 Å². The van der Waals surface area contributed by atoms with E-state index in [4.69, 9.17) is 4.74 Å². The molecule has 0 saturated heterocycles. The lowest BCUT2D eigenvalue weighted by molar-refractivity contribution is -0.140. The fraction of sp³-hybridized carbons (Fsp3) is 0.250. The average Bonchev–Trinajstić information content (AvgIpc) is 3.04. The summed E-state index contributed by atoms with van der Waals surface area (Å²) in [6.45, 7) is 1.87. The van der Waals surface area contributed by atoms with Gasteiger partial charge in [-0.3, -0.25) is 9.59 Å². The van der Waals surface area contributed by atoms with Crippen LogP contribution in [-0.4, -0.2) is 38.1 Å². The molecule has 0 bridgehead atoms. The number of hydrogen-bond acceptors (Lipinski definition) is 6. The molecule has 0 radical (unpaired) electrons. The number of thioether (sulfide) groups is 1. The zero-order valence-electron chi connectivity index (χ0n) is 13.2. The third kappa shape index (κ3) is 3.05. The highest BCUT2D eigenvalue weighted by Crippen LogP contribution is 2.24. The van der Waals surface area contributed by atoms with Gasteiger partial charge in [-0.25, -0.2) is 9.67 Å². The number of ether oxygens (including phenoxy) is 1. The van der Waals surface area contributed by atoms with Gasteiger partial charge >= 0.3 is 5.97 Å². The maximum Gasteiger partial charge on any atom is 0.319 e. The normalized spacial score (nSPS) is 12.2. The second kappa shape index (κ2) is 6.88. The number of nitrogens with zero attached hydrogens (tertiary/aromatic N) is 3. The molecule has 0 fully saturated rings. The molecule has 0 aliphatic rings. The zero-order valence-corrected chi connectivity index (χ0v) is 14.0. The number of hydrogen-bond donors (Lipinski definition) is 1. The monoisotopic (exact) mass is 344 g/mol. The van der Waals surface area contributed by atoms with Crippen LogP contribution in [0.25, 0.3) is 16.7 Å². The summed E-state index contributed by atoms with van der Waals surface area (Å²) in [4.78, 5) is 31.2. The molecule has 0 spiro atoms. The summed E-state index contributed by atoms with van der Waals surface area (Å²) in [5.74, 6) is -0.346. The minimum atomic E-state index is -0.427. The number of fused-ring (bicyclic) bond motifs is 1. The molecule has 1 aromatic carbocycles. The molecule has 7 nitrogen and oxygen atoms in total. The van der Waals surface area contributed by atoms with Crippen molar-refractivity contribution in [2.45, 2.75) is 23.8 Å². The van der Waals surface area contributed by atoms with Gasteiger partial charge in [-0.15, -0.1) is 0 Å². The molecule has 8 heteroatoms. The molecule has 0 aliphatic heterocycles. The molecule has 0 aliphatic carbocycles. The standard InChI is InChI=1S/C16H16N4O3S/c1-3-12(15(22)23-2)24-16-18-13-11(14(21)19-16)9-17-20(13)10-7-5-4-6-8-10/h4-9,12H,3H2,1-2H3,(H,18,19,21). The van der Waals surface area contributed by atoms with Crippen molar-refractivity contribution in [3.8, 4) is 5.69 Å². The minimum absolute atomic E-state index is 0.288. The van der Waals surface area contributed by atoms with Crippen LogP contribution in [0.3, 0.4) is 0 Å². The molecule has 0 amide bonds. The summed E-state index contributed by atoms with van der Waals surface area (Å²) >= 11 is 1.18. The molecule has 1 atom stereocenters. The molecule has 0 saturated carbocycles. The van der Waals surface area contributed by atoms with E-state index in [0.29, 0.717) is 22.6 Å². The summed E-state index contributed by atoms with van der Waals surface area (Å²) in [5, 5.41) is 4.59. The Bertz CT molecular complexity index is 920. The predicted octanol–water partition coefficient (Wildman–Crippen LogP) is 2.15. The number of methoxy groups -OCH3 is 1. The van der Waals surface area contributed by atoms with Gasteiger partial charge in [0.15, 0.2) is 10.8 Å². The van der Waals surface area contributed by atoms with Gasteiger partial charge < -0.3 is 9.72 Å². The Hall–Kier alpha value is -2.61. The van der Waals surface area contributed by atoms with Crippen LogP contribution in [0, 0.1) is 0 Å². The Kier molecular flexibility index (Phi) is 4.66. The molecule has 2 aromatic heterocycles. The zero-order chi connectivity index (χ0) is 17.1. The third-order valence-corrected chi connectivity index (χ3v) is 4.73. The van der Waals surface area contributed by atoms with Crippen molar-refractivity contribution >= 4 is 28.8 Å². The van der Waals surface area contributed by atoms with E-state index in [1.807, 2.05) is 37.3 Å². The highest BCUT2D eigenvalue weighted by molar-refractivity contribution is 8.00. The number of H-pyrrole nitrogens is 1. The molecule has 124 valence electrons. The minimum Gasteiger partial charge on any atom is -0.468 e. The lowest BCUT2D eigenvalue weighted by Gasteiger charge is -2.11. The van der Waals surface area contributed by atoms with E-state index in [9.17, 15) is 9.59 Å². The first-order valence-electron chi connectivity index (χ1n) is 7.42. The maximum atomic E-state index is 12.3. The first kappa shape index (κ1) is 16.3. The van der Waals surface area contributed by atoms with Crippen molar-refractivity contribution in [2.75, 3.05) is 7.11 Å². The van der Waals surface area contributed by atoms with Crippen molar-refractivity contribution in [3.05, 3.63) is 46.9 Å². The van der Waals surface area contributed by atoms with E-state index in [2.05, 4.69) is 15.1 Å². The first-order chi connectivity index (χ1) is 11.6. The molecular weight excluding hydrogens is 328 g/mol. The number of aromatic amines is 1. The SMILES string of the molecule is CCC(Sc1nc2c(cnn2-c2ccccc2)c(=O)[nH]1)C(=O)OC. The summed E-state index contributed by atoms with van der Waals surface area (Å²) in [6, 6.07) is 9.43. The van der Waals surface area contributed by atoms with E-state index < -0.39 is 5.25 Å². The van der Waals surface area contributed by atoms with E-state index in [1.54, 1.807) is 4.68 Å². The average molecular weight is 344 g/mol. The molecule has 2 heterocycles. The first-order valence-corrected chi connectivity index (χ1v) is 8.30. The van der Waals surface area contributed by atoms with Crippen molar-refractivity contribution in [1.29, 1.82) is 0 Å². The molecule has 1 unspecified atom stereocenters. The van der Waals surface area contributed by atoms with E-state index in [0.717, 1.165) is 5.69 Å². The van der Waals surface area contributed by atoms with E-state index in [-0.39, 0.29) is 11.5 Å². The maximum absolute atomic E-state index is 12.3. The molecule has 3 rings (SSSR count). The van der Waals surface area contributed by atoms with Crippen LogP contribution in [0.5, 0.6) is 0 Å². The van der Waals surface area contributed by atoms with Gasteiger partial charge in [-0.1, -0.05) is 36.9 Å². The number of nitrogens with one attached hydrogen (secondary N) is 1. The van der Waals surface area contributed by atoms with Gasteiger partial charge in [-0.05, 0) is 18.6 Å². The second-order valence-electron chi connectivity index (χ2n) is 5.04. The van der Waals surface area contributed by atoms with Gasteiger partial charge in [0.25, 0.3) is 5.56 Å². The fourth-order valence-electron chi connectivity index (χ4n) is 2.28. The molecule has 1 N–H and O–H groups in total. The molecular formula is C16H16N4O3S. The second-order valence-corrected chi connectivity index (χ2v) is 6.23. The smallest absolute Gasteiger partial charge is 0.319 e. The van der Waals surface area contributed by atoms with Crippen LogP contribution >= 0.6 is 11.8 Å². The summed E-state index contributed by atoms with van der Waals surface area (Å²) in [7, 11) is 1.34. The van der Waals surface area contributed by atoms with Crippen molar-refractivity contribution in [2.24, 2.45) is 0 Å². The Labute approximate surface area is 142 Å². The van der Waals surface area contributed by atoms with Crippen LogP contribution in [-0.2, 0) is 9.53 Å². The van der Waals surface area contributed by atoms with Crippen molar-refractivity contribution in [1.82, 2.24) is 19.7 Å². The number of esters is 1. The predicted molar refractivity (Wildman–Crippen MR) is 91.4 cm³/mol.